The average molecular weight is 331 g/mol. The Morgan fingerprint density at radius 2 is 2.09 bits per heavy atom. The lowest BCUT2D eigenvalue weighted by Crippen LogP contribution is -2.45. The second kappa shape index (κ2) is 8.13. The number of rotatable bonds is 7. The summed E-state index contributed by atoms with van der Waals surface area (Å²) in [4.78, 5) is 0. The first-order chi connectivity index (χ1) is 11.0. The van der Waals surface area contributed by atoms with Gasteiger partial charge in [0, 0.05) is 37.8 Å². The summed E-state index contributed by atoms with van der Waals surface area (Å²) in [6.07, 6.45) is 3.04. The lowest BCUT2D eigenvalue weighted by molar-refractivity contribution is -0.0467. The number of ether oxygens (including phenoxy) is 1. The van der Waals surface area contributed by atoms with Crippen molar-refractivity contribution in [2.75, 3.05) is 26.8 Å². The number of hydrogen-bond acceptors (Lipinski definition) is 3. The predicted molar refractivity (Wildman–Crippen MR) is 81.5 cm³/mol. The van der Waals surface area contributed by atoms with Gasteiger partial charge >= 0.3 is 0 Å². The van der Waals surface area contributed by atoms with Gasteiger partial charge in [-0.3, -0.25) is 0 Å². The Balaban J connectivity index is 2.32. The Labute approximate surface area is 134 Å². The summed E-state index contributed by atoms with van der Waals surface area (Å²) < 4.78 is 46.5. The maximum absolute atomic E-state index is 14.3. The van der Waals surface area contributed by atoms with Gasteiger partial charge < -0.3 is 15.2 Å². The highest BCUT2D eigenvalue weighted by Crippen LogP contribution is 2.40. The SMILES string of the molecule is COCCCC[C@@](O)(c1cc(F)cc(F)c1F)C1CCCNC1. The Hall–Kier alpha value is -1.11. The summed E-state index contributed by atoms with van der Waals surface area (Å²) in [6, 6.07) is 1.42. The van der Waals surface area contributed by atoms with Gasteiger partial charge in [0.05, 0.1) is 5.60 Å². The minimum atomic E-state index is -1.59. The molecule has 0 aromatic heterocycles. The standard InChI is InChI=1S/C17H24F3NO2/c1-23-8-3-2-6-17(22,12-5-4-7-21-11-12)14-9-13(18)10-15(19)16(14)20/h9-10,12,21-22H,2-8,11H2,1H3/t12?,17-/m0/s1. The first kappa shape index (κ1) is 18.2. The monoisotopic (exact) mass is 331 g/mol. The van der Waals surface area contributed by atoms with Crippen molar-refractivity contribution < 1.29 is 23.0 Å². The molecule has 1 heterocycles. The second-order valence-corrected chi connectivity index (χ2v) is 6.17. The van der Waals surface area contributed by atoms with E-state index in [9.17, 15) is 18.3 Å². The molecule has 2 rings (SSSR count). The van der Waals surface area contributed by atoms with Crippen molar-refractivity contribution in [3.05, 3.63) is 35.1 Å². The highest BCUT2D eigenvalue weighted by atomic mass is 19.2. The van der Waals surface area contributed by atoms with E-state index in [2.05, 4.69) is 5.32 Å². The molecule has 23 heavy (non-hydrogen) atoms. The van der Waals surface area contributed by atoms with E-state index >= 15 is 0 Å². The quantitative estimate of drug-likeness (QED) is 0.596. The molecule has 0 radical (unpaired) electrons. The Bertz CT molecular complexity index is 521. The van der Waals surface area contributed by atoms with Crippen LogP contribution in [-0.4, -0.2) is 31.9 Å². The maximum Gasteiger partial charge on any atom is 0.165 e. The van der Waals surface area contributed by atoms with Gasteiger partial charge in [0.15, 0.2) is 11.6 Å². The molecule has 2 atom stereocenters. The van der Waals surface area contributed by atoms with Crippen LogP contribution in [0, 0.1) is 23.4 Å². The topological polar surface area (TPSA) is 41.5 Å². The van der Waals surface area contributed by atoms with E-state index in [0.29, 0.717) is 38.5 Å². The zero-order chi connectivity index (χ0) is 16.9. The average Bonchev–Trinajstić information content (AvgIpc) is 2.55. The van der Waals surface area contributed by atoms with Crippen molar-refractivity contribution in [2.45, 2.75) is 37.7 Å². The maximum atomic E-state index is 14.3. The van der Waals surface area contributed by atoms with Gasteiger partial charge in [0.25, 0.3) is 0 Å². The molecule has 1 aliphatic rings. The summed E-state index contributed by atoms with van der Waals surface area (Å²) in [5, 5.41) is 14.3. The highest BCUT2D eigenvalue weighted by molar-refractivity contribution is 5.27. The molecule has 1 aromatic rings. The van der Waals surface area contributed by atoms with Crippen molar-refractivity contribution in [1.29, 1.82) is 0 Å². The molecule has 0 amide bonds. The largest absolute Gasteiger partial charge is 0.385 e. The predicted octanol–water partition coefficient (Wildman–Crippen LogP) is 3.11. The van der Waals surface area contributed by atoms with Crippen LogP contribution in [0.3, 0.4) is 0 Å². The van der Waals surface area contributed by atoms with E-state index in [1.54, 1.807) is 7.11 Å². The number of piperidine rings is 1. The molecule has 1 unspecified atom stereocenters. The fourth-order valence-corrected chi connectivity index (χ4v) is 3.33. The second-order valence-electron chi connectivity index (χ2n) is 6.17. The number of hydrogen-bond donors (Lipinski definition) is 2. The van der Waals surface area contributed by atoms with Crippen LogP contribution in [0.2, 0.25) is 0 Å². The molecule has 1 saturated heterocycles. The fourth-order valence-electron chi connectivity index (χ4n) is 3.33. The number of nitrogens with one attached hydrogen (secondary N) is 1. The molecule has 130 valence electrons. The third-order valence-electron chi connectivity index (χ3n) is 4.59. The van der Waals surface area contributed by atoms with E-state index in [1.165, 1.54) is 0 Å². The van der Waals surface area contributed by atoms with Crippen LogP contribution < -0.4 is 5.32 Å². The molecular formula is C17H24F3NO2. The Morgan fingerprint density at radius 3 is 2.74 bits per heavy atom. The molecule has 0 spiro atoms. The van der Waals surface area contributed by atoms with E-state index in [4.69, 9.17) is 4.74 Å². The molecule has 3 nitrogen and oxygen atoms in total. The van der Waals surface area contributed by atoms with Gasteiger partial charge in [-0.2, -0.15) is 0 Å². The molecule has 1 aliphatic heterocycles. The number of methoxy groups -OCH3 is 1. The van der Waals surface area contributed by atoms with E-state index < -0.39 is 23.1 Å². The van der Waals surface area contributed by atoms with Crippen LogP contribution in [0.15, 0.2) is 12.1 Å². The number of aliphatic hydroxyl groups is 1. The van der Waals surface area contributed by atoms with Crippen LogP contribution in [0.25, 0.3) is 0 Å². The zero-order valence-electron chi connectivity index (χ0n) is 13.4. The van der Waals surface area contributed by atoms with Gasteiger partial charge in [0.2, 0.25) is 0 Å². The lowest BCUT2D eigenvalue weighted by Gasteiger charge is -2.39. The molecule has 0 bridgehead atoms. The zero-order valence-corrected chi connectivity index (χ0v) is 13.4. The third-order valence-corrected chi connectivity index (χ3v) is 4.59. The third kappa shape index (κ3) is 4.25. The van der Waals surface area contributed by atoms with Crippen LogP contribution >= 0.6 is 0 Å². The Kier molecular flexibility index (Phi) is 6.44. The molecule has 6 heteroatoms. The van der Waals surface area contributed by atoms with Crippen LogP contribution in [0.1, 0.15) is 37.7 Å². The van der Waals surface area contributed by atoms with Crippen molar-refractivity contribution in [1.82, 2.24) is 5.32 Å². The van der Waals surface area contributed by atoms with Gasteiger partial charge in [-0.25, -0.2) is 13.2 Å². The van der Waals surface area contributed by atoms with Gasteiger partial charge in [-0.15, -0.1) is 0 Å². The van der Waals surface area contributed by atoms with Crippen molar-refractivity contribution >= 4 is 0 Å². The molecule has 1 fully saturated rings. The summed E-state index contributed by atoms with van der Waals surface area (Å²) in [5.41, 5.74) is -1.87. The van der Waals surface area contributed by atoms with Gasteiger partial charge in [-0.1, -0.05) is 0 Å². The molecule has 0 saturated carbocycles. The summed E-state index contributed by atoms with van der Waals surface area (Å²) >= 11 is 0. The van der Waals surface area contributed by atoms with Crippen molar-refractivity contribution in [2.24, 2.45) is 5.92 Å². The number of benzene rings is 1. The number of halogens is 3. The highest BCUT2D eigenvalue weighted by Gasteiger charge is 2.41. The van der Waals surface area contributed by atoms with Crippen molar-refractivity contribution in [3.63, 3.8) is 0 Å². The normalized spacial score (nSPS) is 21.2. The first-order valence-corrected chi connectivity index (χ1v) is 8.06. The van der Waals surface area contributed by atoms with Crippen molar-refractivity contribution in [3.8, 4) is 0 Å². The summed E-state index contributed by atoms with van der Waals surface area (Å²) in [7, 11) is 1.58. The lowest BCUT2D eigenvalue weighted by atomic mass is 9.74. The molecule has 0 aliphatic carbocycles. The van der Waals surface area contributed by atoms with E-state index in [0.717, 1.165) is 19.0 Å². The Morgan fingerprint density at radius 1 is 1.30 bits per heavy atom. The first-order valence-electron chi connectivity index (χ1n) is 8.06. The van der Waals surface area contributed by atoms with E-state index in [1.807, 2.05) is 0 Å². The van der Waals surface area contributed by atoms with Crippen LogP contribution in [-0.2, 0) is 10.3 Å². The van der Waals surface area contributed by atoms with Crippen LogP contribution in [0.4, 0.5) is 13.2 Å². The molecule has 1 aromatic carbocycles. The van der Waals surface area contributed by atoms with Gasteiger partial charge in [0.1, 0.15) is 5.82 Å². The molecule has 2 N–H and O–H groups in total. The fraction of sp³-hybridized carbons (Fsp3) is 0.647. The summed E-state index contributed by atoms with van der Waals surface area (Å²) in [5.74, 6) is -3.59. The van der Waals surface area contributed by atoms with Gasteiger partial charge in [-0.05, 0) is 44.7 Å². The van der Waals surface area contributed by atoms with E-state index in [-0.39, 0.29) is 17.9 Å². The minimum Gasteiger partial charge on any atom is -0.385 e. The number of unbranched alkanes of at least 4 members (excludes halogenated alkanes) is 1. The smallest absolute Gasteiger partial charge is 0.165 e. The summed E-state index contributed by atoms with van der Waals surface area (Å²) in [6.45, 7) is 1.85. The minimum absolute atomic E-state index is 0.239. The molecular weight excluding hydrogens is 307 g/mol. The van der Waals surface area contributed by atoms with Crippen LogP contribution in [0.5, 0.6) is 0 Å².